The van der Waals surface area contributed by atoms with E-state index in [2.05, 4.69) is 10.6 Å². The first-order chi connectivity index (χ1) is 14.0. The summed E-state index contributed by atoms with van der Waals surface area (Å²) >= 11 is 0. The van der Waals surface area contributed by atoms with Crippen molar-refractivity contribution in [3.05, 3.63) is 89.6 Å². The normalized spacial score (nSPS) is 10.7. The lowest BCUT2D eigenvalue weighted by molar-refractivity contribution is -0.116. The highest BCUT2D eigenvalue weighted by Crippen LogP contribution is 2.18. The van der Waals surface area contributed by atoms with Crippen molar-refractivity contribution >= 4 is 23.6 Å². The third kappa shape index (κ3) is 5.55. The van der Waals surface area contributed by atoms with E-state index in [0.717, 1.165) is 5.56 Å². The quantitative estimate of drug-likeness (QED) is 0.594. The summed E-state index contributed by atoms with van der Waals surface area (Å²) in [5.74, 6) is -0.824. The van der Waals surface area contributed by atoms with Gasteiger partial charge in [-0.25, -0.2) is 4.39 Å². The minimum atomic E-state index is -0.497. The molecule has 29 heavy (non-hydrogen) atoms. The number of rotatable bonds is 7. The number of furan rings is 1. The molecule has 0 radical (unpaired) electrons. The van der Waals surface area contributed by atoms with Crippen molar-refractivity contribution in [2.75, 3.05) is 12.4 Å². The van der Waals surface area contributed by atoms with E-state index < -0.39 is 5.82 Å². The SMILES string of the molecule is COc1ccc(/C=C/C(=O)NCc2cccc(NC(=O)c3ccco3)c2)cc1F. The number of carbonyl (C=O) groups excluding carboxylic acids is 2. The fourth-order valence-electron chi connectivity index (χ4n) is 2.57. The van der Waals surface area contributed by atoms with Crippen LogP contribution in [0, 0.1) is 5.82 Å². The van der Waals surface area contributed by atoms with Crippen LogP contribution in [0.1, 0.15) is 21.7 Å². The van der Waals surface area contributed by atoms with Crippen molar-refractivity contribution in [2.45, 2.75) is 6.54 Å². The lowest BCUT2D eigenvalue weighted by Gasteiger charge is -2.07. The maximum Gasteiger partial charge on any atom is 0.291 e. The molecular formula is C22H19FN2O4. The van der Waals surface area contributed by atoms with Crippen LogP contribution in [0.2, 0.25) is 0 Å². The Balaban J connectivity index is 1.55. The minimum absolute atomic E-state index is 0.144. The highest BCUT2D eigenvalue weighted by Gasteiger charge is 2.09. The fourth-order valence-corrected chi connectivity index (χ4v) is 2.57. The molecule has 0 unspecified atom stereocenters. The molecule has 0 fully saturated rings. The first-order valence-electron chi connectivity index (χ1n) is 8.78. The number of halogens is 1. The molecule has 2 N–H and O–H groups in total. The van der Waals surface area contributed by atoms with E-state index in [-0.39, 0.29) is 29.9 Å². The molecule has 2 aromatic carbocycles. The Labute approximate surface area is 167 Å². The highest BCUT2D eigenvalue weighted by molar-refractivity contribution is 6.02. The Hall–Kier alpha value is -3.87. The van der Waals surface area contributed by atoms with Crippen molar-refractivity contribution in [3.8, 4) is 5.75 Å². The van der Waals surface area contributed by atoms with Crippen LogP contribution in [0.4, 0.5) is 10.1 Å². The molecule has 0 saturated heterocycles. The molecule has 0 spiro atoms. The van der Waals surface area contributed by atoms with E-state index in [1.54, 1.807) is 36.4 Å². The van der Waals surface area contributed by atoms with Gasteiger partial charge in [0.2, 0.25) is 5.91 Å². The monoisotopic (exact) mass is 394 g/mol. The van der Waals surface area contributed by atoms with Gasteiger partial charge in [0.25, 0.3) is 5.91 Å². The average Bonchev–Trinajstić information content (AvgIpc) is 3.26. The number of benzene rings is 2. The number of methoxy groups -OCH3 is 1. The van der Waals surface area contributed by atoms with Crippen molar-refractivity contribution < 1.29 is 23.1 Å². The smallest absolute Gasteiger partial charge is 0.291 e. The fraction of sp³-hybridized carbons (Fsp3) is 0.0909. The summed E-state index contributed by atoms with van der Waals surface area (Å²) in [5.41, 5.74) is 1.93. The van der Waals surface area contributed by atoms with Crippen molar-refractivity contribution in [2.24, 2.45) is 0 Å². The van der Waals surface area contributed by atoms with Gasteiger partial charge < -0.3 is 19.8 Å². The topological polar surface area (TPSA) is 80.6 Å². The molecule has 3 aromatic rings. The summed E-state index contributed by atoms with van der Waals surface area (Å²) in [5, 5.41) is 5.47. The van der Waals surface area contributed by atoms with Gasteiger partial charge in [-0.3, -0.25) is 9.59 Å². The Kier molecular flexibility index (Phi) is 6.42. The second-order valence-electron chi connectivity index (χ2n) is 6.08. The second-order valence-corrected chi connectivity index (χ2v) is 6.08. The van der Waals surface area contributed by atoms with Crippen LogP contribution in [0.25, 0.3) is 6.08 Å². The van der Waals surface area contributed by atoms with Gasteiger partial charge in [0, 0.05) is 18.3 Å². The van der Waals surface area contributed by atoms with Crippen LogP contribution in [0.15, 0.2) is 71.4 Å². The summed E-state index contributed by atoms with van der Waals surface area (Å²) in [6, 6.07) is 14.7. The summed E-state index contributed by atoms with van der Waals surface area (Å²) in [7, 11) is 1.39. The van der Waals surface area contributed by atoms with E-state index in [1.165, 1.54) is 37.7 Å². The van der Waals surface area contributed by atoms with Crippen LogP contribution in [-0.2, 0) is 11.3 Å². The molecule has 7 heteroatoms. The maximum absolute atomic E-state index is 13.7. The standard InChI is InChI=1S/C22H19FN2O4/c1-28-19-9-7-15(13-18(19)23)8-10-21(26)24-14-16-4-2-5-17(12-16)25-22(27)20-6-3-11-29-20/h2-13H,14H2,1H3,(H,24,26)(H,25,27)/b10-8+. The Morgan fingerprint density at radius 3 is 2.72 bits per heavy atom. The molecule has 0 saturated carbocycles. The number of nitrogens with one attached hydrogen (secondary N) is 2. The first kappa shape index (κ1) is 19.9. The van der Waals surface area contributed by atoms with Gasteiger partial charge in [-0.05, 0) is 53.6 Å². The van der Waals surface area contributed by atoms with Crippen molar-refractivity contribution in [3.63, 3.8) is 0 Å². The summed E-state index contributed by atoms with van der Waals surface area (Å²) in [4.78, 5) is 24.0. The average molecular weight is 394 g/mol. The zero-order chi connectivity index (χ0) is 20.6. The van der Waals surface area contributed by atoms with Gasteiger partial charge in [-0.15, -0.1) is 0 Å². The zero-order valence-corrected chi connectivity index (χ0v) is 15.6. The molecule has 0 aliphatic carbocycles. The van der Waals surface area contributed by atoms with Gasteiger partial charge >= 0.3 is 0 Å². The van der Waals surface area contributed by atoms with Gasteiger partial charge in [-0.1, -0.05) is 18.2 Å². The predicted octanol–water partition coefficient (Wildman–Crippen LogP) is 4.01. The summed E-state index contributed by atoms with van der Waals surface area (Å²) in [6.07, 6.45) is 4.26. The lowest BCUT2D eigenvalue weighted by atomic mass is 10.2. The van der Waals surface area contributed by atoms with E-state index in [1.807, 2.05) is 6.07 Å². The van der Waals surface area contributed by atoms with E-state index in [4.69, 9.17) is 9.15 Å². The van der Waals surface area contributed by atoms with Crippen LogP contribution >= 0.6 is 0 Å². The number of anilines is 1. The minimum Gasteiger partial charge on any atom is -0.494 e. The lowest BCUT2D eigenvalue weighted by Crippen LogP contribution is -2.20. The third-order valence-electron chi connectivity index (χ3n) is 4.00. The molecular weight excluding hydrogens is 375 g/mol. The first-order valence-corrected chi connectivity index (χ1v) is 8.78. The third-order valence-corrected chi connectivity index (χ3v) is 4.00. The number of amides is 2. The van der Waals surface area contributed by atoms with Gasteiger partial charge in [0.15, 0.2) is 17.3 Å². The molecule has 148 valence electrons. The predicted molar refractivity (Wildman–Crippen MR) is 107 cm³/mol. The van der Waals surface area contributed by atoms with E-state index in [9.17, 15) is 14.0 Å². The van der Waals surface area contributed by atoms with Crippen LogP contribution in [-0.4, -0.2) is 18.9 Å². The number of carbonyl (C=O) groups is 2. The Bertz CT molecular complexity index is 1030. The molecule has 1 heterocycles. The van der Waals surface area contributed by atoms with Crippen LogP contribution < -0.4 is 15.4 Å². The van der Waals surface area contributed by atoms with Gasteiger partial charge in [-0.2, -0.15) is 0 Å². The number of ether oxygens (including phenoxy) is 1. The molecule has 1 aromatic heterocycles. The molecule has 6 nitrogen and oxygen atoms in total. The van der Waals surface area contributed by atoms with Gasteiger partial charge in [0.05, 0.1) is 13.4 Å². The van der Waals surface area contributed by atoms with Crippen molar-refractivity contribution in [1.29, 1.82) is 0 Å². The summed E-state index contributed by atoms with van der Waals surface area (Å²) < 4.78 is 23.6. The van der Waals surface area contributed by atoms with Crippen LogP contribution in [0.5, 0.6) is 5.75 Å². The largest absolute Gasteiger partial charge is 0.494 e. The Morgan fingerprint density at radius 1 is 1.14 bits per heavy atom. The number of hydrogen-bond donors (Lipinski definition) is 2. The van der Waals surface area contributed by atoms with Crippen molar-refractivity contribution in [1.82, 2.24) is 5.32 Å². The van der Waals surface area contributed by atoms with E-state index >= 15 is 0 Å². The highest BCUT2D eigenvalue weighted by atomic mass is 19.1. The second kappa shape index (κ2) is 9.36. The van der Waals surface area contributed by atoms with Crippen LogP contribution in [0.3, 0.4) is 0 Å². The van der Waals surface area contributed by atoms with E-state index in [0.29, 0.717) is 11.3 Å². The molecule has 2 amide bonds. The maximum atomic E-state index is 13.7. The Morgan fingerprint density at radius 2 is 2.00 bits per heavy atom. The molecule has 3 rings (SSSR count). The molecule has 0 aliphatic rings. The zero-order valence-electron chi connectivity index (χ0n) is 15.6. The van der Waals surface area contributed by atoms with Gasteiger partial charge in [0.1, 0.15) is 0 Å². The molecule has 0 atom stereocenters. The number of hydrogen-bond acceptors (Lipinski definition) is 4. The summed E-state index contributed by atoms with van der Waals surface area (Å²) in [6.45, 7) is 0.268. The molecule has 0 aliphatic heterocycles. The molecule has 0 bridgehead atoms.